The predicted molar refractivity (Wildman–Crippen MR) is 75.9 cm³/mol. The SMILES string of the molecule is O=C(NCCO)c1cc(-c2ccccc2OC(F)(F)F)cs1. The molecule has 2 N–H and O–H groups in total. The highest BCUT2D eigenvalue weighted by atomic mass is 32.1. The van der Waals surface area contributed by atoms with E-state index in [1.165, 1.54) is 24.3 Å². The van der Waals surface area contributed by atoms with Gasteiger partial charge in [0.15, 0.2) is 0 Å². The maximum absolute atomic E-state index is 12.4. The molecule has 118 valence electrons. The lowest BCUT2D eigenvalue weighted by atomic mass is 10.1. The molecular formula is C14H12F3NO3S. The number of carbonyl (C=O) groups is 1. The summed E-state index contributed by atoms with van der Waals surface area (Å²) in [5.74, 6) is -0.713. The maximum atomic E-state index is 12.4. The molecule has 0 saturated carbocycles. The Kier molecular flexibility index (Phi) is 5.04. The van der Waals surface area contributed by atoms with Crippen molar-refractivity contribution in [3.8, 4) is 16.9 Å². The van der Waals surface area contributed by atoms with E-state index >= 15 is 0 Å². The molecule has 22 heavy (non-hydrogen) atoms. The fourth-order valence-electron chi connectivity index (χ4n) is 1.77. The van der Waals surface area contributed by atoms with Gasteiger partial charge in [0.1, 0.15) is 5.75 Å². The van der Waals surface area contributed by atoms with Gasteiger partial charge in [-0.3, -0.25) is 4.79 Å². The van der Waals surface area contributed by atoms with E-state index in [2.05, 4.69) is 10.1 Å². The lowest BCUT2D eigenvalue weighted by molar-refractivity contribution is -0.274. The van der Waals surface area contributed by atoms with Crippen molar-refractivity contribution in [1.29, 1.82) is 0 Å². The molecule has 1 aromatic heterocycles. The number of benzene rings is 1. The molecule has 0 fully saturated rings. The summed E-state index contributed by atoms with van der Waals surface area (Å²) in [4.78, 5) is 12.1. The topological polar surface area (TPSA) is 58.6 Å². The summed E-state index contributed by atoms with van der Waals surface area (Å²) in [7, 11) is 0. The Morgan fingerprint density at radius 1 is 1.32 bits per heavy atom. The van der Waals surface area contributed by atoms with Crippen molar-refractivity contribution in [3.63, 3.8) is 0 Å². The zero-order valence-electron chi connectivity index (χ0n) is 11.2. The highest BCUT2D eigenvalue weighted by Crippen LogP contribution is 2.35. The number of rotatable bonds is 5. The first-order valence-electron chi connectivity index (χ1n) is 6.23. The quantitative estimate of drug-likeness (QED) is 0.885. The lowest BCUT2D eigenvalue weighted by Gasteiger charge is -2.12. The summed E-state index contributed by atoms with van der Waals surface area (Å²) in [6.07, 6.45) is -4.78. The summed E-state index contributed by atoms with van der Waals surface area (Å²) >= 11 is 1.10. The monoisotopic (exact) mass is 331 g/mol. The normalized spacial score (nSPS) is 11.3. The van der Waals surface area contributed by atoms with Gasteiger partial charge in [-0.2, -0.15) is 0 Å². The Bertz CT molecular complexity index is 655. The fraction of sp³-hybridized carbons (Fsp3) is 0.214. The predicted octanol–water partition coefficient (Wildman–Crippen LogP) is 3.04. The minimum absolute atomic E-state index is 0.111. The van der Waals surface area contributed by atoms with Crippen LogP contribution < -0.4 is 10.1 Å². The molecule has 8 heteroatoms. The molecule has 0 atom stereocenters. The molecular weight excluding hydrogens is 319 g/mol. The van der Waals surface area contributed by atoms with E-state index in [0.717, 1.165) is 11.3 Å². The van der Waals surface area contributed by atoms with E-state index in [-0.39, 0.29) is 30.4 Å². The molecule has 2 aromatic rings. The first kappa shape index (κ1) is 16.3. The van der Waals surface area contributed by atoms with Gasteiger partial charge < -0.3 is 15.2 Å². The van der Waals surface area contributed by atoms with Crippen LogP contribution in [0.4, 0.5) is 13.2 Å². The van der Waals surface area contributed by atoms with Crippen LogP contribution in [0.1, 0.15) is 9.67 Å². The Balaban J connectivity index is 2.26. The molecule has 1 amide bonds. The number of aliphatic hydroxyl groups excluding tert-OH is 1. The second-order valence-corrected chi connectivity index (χ2v) is 5.13. The van der Waals surface area contributed by atoms with Gasteiger partial charge >= 0.3 is 6.36 Å². The van der Waals surface area contributed by atoms with Crippen LogP contribution in [-0.2, 0) is 0 Å². The number of aliphatic hydroxyl groups is 1. The van der Waals surface area contributed by atoms with Crippen molar-refractivity contribution in [2.45, 2.75) is 6.36 Å². The third kappa shape index (κ3) is 4.22. The average Bonchev–Trinajstić information content (AvgIpc) is 2.93. The second-order valence-electron chi connectivity index (χ2n) is 4.22. The average molecular weight is 331 g/mol. The van der Waals surface area contributed by atoms with Gasteiger partial charge in [0.2, 0.25) is 0 Å². The van der Waals surface area contributed by atoms with Gasteiger partial charge in [-0.15, -0.1) is 24.5 Å². The number of ether oxygens (including phenoxy) is 1. The summed E-state index contributed by atoms with van der Waals surface area (Å²) < 4.78 is 41.2. The first-order valence-corrected chi connectivity index (χ1v) is 7.11. The molecule has 0 radical (unpaired) electrons. The van der Waals surface area contributed by atoms with Crippen molar-refractivity contribution in [1.82, 2.24) is 5.32 Å². The molecule has 0 aliphatic heterocycles. The zero-order valence-corrected chi connectivity index (χ0v) is 12.0. The largest absolute Gasteiger partial charge is 0.573 e. The summed E-state index contributed by atoms with van der Waals surface area (Å²) in [5.41, 5.74) is 0.705. The summed E-state index contributed by atoms with van der Waals surface area (Å²) in [6, 6.07) is 7.20. The Labute approximate surface area is 128 Å². The van der Waals surface area contributed by atoms with Crippen molar-refractivity contribution in [2.24, 2.45) is 0 Å². The van der Waals surface area contributed by atoms with Crippen LogP contribution in [0.2, 0.25) is 0 Å². The summed E-state index contributed by atoms with van der Waals surface area (Å²) in [6.45, 7) is -0.0773. The molecule has 1 heterocycles. The lowest BCUT2D eigenvalue weighted by Crippen LogP contribution is -2.25. The van der Waals surface area contributed by atoms with Crippen molar-refractivity contribution >= 4 is 17.2 Å². The number of amides is 1. The molecule has 0 bridgehead atoms. The van der Waals surface area contributed by atoms with Crippen LogP contribution in [0.3, 0.4) is 0 Å². The van der Waals surface area contributed by atoms with E-state index < -0.39 is 6.36 Å². The van der Waals surface area contributed by atoms with Crippen molar-refractivity contribution in [3.05, 3.63) is 40.6 Å². The van der Waals surface area contributed by atoms with Crippen LogP contribution in [0.5, 0.6) is 5.75 Å². The number of nitrogens with one attached hydrogen (secondary N) is 1. The van der Waals surface area contributed by atoms with Gasteiger partial charge in [-0.05, 0) is 23.1 Å². The van der Waals surface area contributed by atoms with Gasteiger partial charge in [0.25, 0.3) is 5.91 Å². The molecule has 2 rings (SSSR count). The number of para-hydroxylation sites is 1. The van der Waals surface area contributed by atoms with Crippen molar-refractivity contribution in [2.75, 3.05) is 13.2 Å². The summed E-state index contributed by atoms with van der Waals surface area (Å²) in [5, 5.41) is 12.7. The third-order valence-corrected chi connectivity index (χ3v) is 3.57. The fourth-order valence-corrected chi connectivity index (χ4v) is 2.60. The van der Waals surface area contributed by atoms with E-state index in [4.69, 9.17) is 5.11 Å². The van der Waals surface area contributed by atoms with Crippen LogP contribution >= 0.6 is 11.3 Å². The molecule has 0 aliphatic carbocycles. The van der Waals surface area contributed by atoms with E-state index in [0.29, 0.717) is 10.4 Å². The standard InChI is InChI=1S/C14H12F3NO3S/c15-14(16,17)21-11-4-2-1-3-10(11)9-7-12(22-8-9)13(20)18-5-6-19/h1-4,7-8,19H,5-6H2,(H,18,20). The number of carbonyl (C=O) groups excluding carboxylic acids is 1. The van der Waals surface area contributed by atoms with Crippen LogP contribution in [-0.4, -0.2) is 30.5 Å². The smallest absolute Gasteiger partial charge is 0.405 e. The zero-order chi connectivity index (χ0) is 16.2. The van der Waals surface area contributed by atoms with E-state index in [1.54, 1.807) is 11.4 Å². The molecule has 0 saturated heterocycles. The van der Waals surface area contributed by atoms with Crippen molar-refractivity contribution < 1.29 is 27.8 Å². The molecule has 0 spiro atoms. The van der Waals surface area contributed by atoms with Crippen LogP contribution in [0, 0.1) is 0 Å². The van der Waals surface area contributed by atoms with Gasteiger partial charge in [-0.1, -0.05) is 18.2 Å². The second kappa shape index (κ2) is 6.80. The highest BCUT2D eigenvalue weighted by molar-refractivity contribution is 7.12. The molecule has 0 unspecified atom stereocenters. The minimum atomic E-state index is -4.78. The van der Waals surface area contributed by atoms with Crippen LogP contribution in [0.25, 0.3) is 11.1 Å². The van der Waals surface area contributed by atoms with Crippen LogP contribution in [0.15, 0.2) is 35.7 Å². The van der Waals surface area contributed by atoms with Gasteiger partial charge in [0, 0.05) is 12.1 Å². The van der Waals surface area contributed by atoms with E-state index in [9.17, 15) is 18.0 Å². The number of thiophene rings is 1. The number of halogens is 3. The van der Waals surface area contributed by atoms with Gasteiger partial charge in [0.05, 0.1) is 11.5 Å². The Morgan fingerprint density at radius 3 is 2.73 bits per heavy atom. The van der Waals surface area contributed by atoms with Gasteiger partial charge in [-0.25, -0.2) is 0 Å². The first-order chi connectivity index (χ1) is 10.4. The van der Waals surface area contributed by atoms with E-state index in [1.807, 2.05) is 0 Å². The number of hydrogen-bond donors (Lipinski definition) is 2. The Hall–Kier alpha value is -2.06. The maximum Gasteiger partial charge on any atom is 0.573 e. The third-order valence-electron chi connectivity index (χ3n) is 2.64. The molecule has 1 aromatic carbocycles. The Morgan fingerprint density at radius 2 is 2.05 bits per heavy atom. The molecule has 0 aliphatic rings. The minimum Gasteiger partial charge on any atom is -0.405 e. The number of alkyl halides is 3. The molecule has 4 nitrogen and oxygen atoms in total. The highest BCUT2D eigenvalue weighted by Gasteiger charge is 2.32. The number of hydrogen-bond acceptors (Lipinski definition) is 4.